The van der Waals surface area contributed by atoms with Crippen LogP contribution in [0.5, 0.6) is 0 Å². The molecular weight excluding hydrogens is 260 g/mol. The number of rotatable bonds is 4. The first-order valence-corrected chi connectivity index (χ1v) is 6.99. The molecular formula is C15H23ClN2O. The molecule has 1 aromatic rings. The fourth-order valence-corrected chi connectivity index (χ4v) is 1.99. The molecule has 0 heterocycles. The van der Waals surface area contributed by atoms with Gasteiger partial charge in [0.1, 0.15) is 0 Å². The van der Waals surface area contributed by atoms with Gasteiger partial charge in [-0.2, -0.15) is 0 Å². The highest BCUT2D eigenvalue weighted by molar-refractivity contribution is 6.35. The lowest BCUT2D eigenvalue weighted by Gasteiger charge is -2.25. The van der Waals surface area contributed by atoms with E-state index in [1.54, 1.807) is 0 Å². The van der Waals surface area contributed by atoms with Crippen molar-refractivity contribution in [2.75, 3.05) is 11.9 Å². The molecule has 0 aromatic heterocycles. The topological polar surface area (TPSA) is 41.1 Å². The summed E-state index contributed by atoms with van der Waals surface area (Å²) in [7, 11) is 0. The molecule has 0 fully saturated rings. The zero-order chi connectivity index (χ0) is 14.6. The molecule has 2 N–H and O–H groups in total. The lowest BCUT2D eigenvalue weighted by Crippen LogP contribution is -2.30. The van der Waals surface area contributed by atoms with Crippen molar-refractivity contribution in [1.82, 2.24) is 5.32 Å². The Kier molecular flexibility index (Phi) is 5.24. The maximum absolute atomic E-state index is 12.2. The molecule has 0 saturated carbocycles. The molecule has 0 saturated heterocycles. The van der Waals surface area contributed by atoms with Gasteiger partial charge >= 0.3 is 0 Å². The molecule has 0 spiro atoms. The number of hydrogen-bond acceptors (Lipinski definition) is 2. The minimum absolute atomic E-state index is 0.123. The first kappa shape index (κ1) is 15.8. The highest BCUT2D eigenvalue weighted by Crippen LogP contribution is 2.29. The molecule has 0 radical (unpaired) electrons. The molecule has 0 aliphatic heterocycles. The van der Waals surface area contributed by atoms with Crippen LogP contribution in [0.4, 0.5) is 5.69 Å². The third-order valence-electron chi connectivity index (χ3n) is 2.61. The zero-order valence-corrected chi connectivity index (χ0v) is 13.1. The summed E-state index contributed by atoms with van der Waals surface area (Å²) in [5.74, 6) is -0.123. The van der Waals surface area contributed by atoms with Crippen molar-refractivity contribution in [3.05, 3.63) is 28.3 Å². The molecule has 0 bridgehead atoms. The highest BCUT2D eigenvalue weighted by atomic mass is 35.5. The van der Waals surface area contributed by atoms with Crippen LogP contribution >= 0.6 is 11.6 Å². The van der Waals surface area contributed by atoms with Gasteiger partial charge in [0.15, 0.2) is 0 Å². The maximum Gasteiger partial charge on any atom is 0.254 e. The number of amides is 1. The quantitative estimate of drug-likeness (QED) is 0.876. The first-order valence-electron chi connectivity index (χ1n) is 6.61. The molecule has 4 heteroatoms. The van der Waals surface area contributed by atoms with E-state index in [1.165, 1.54) is 0 Å². The van der Waals surface area contributed by atoms with Crippen LogP contribution in [0, 0.1) is 6.92 Å². The van der Waals surface area contributed by atoms with E-state index in [9.17, 15) is 4.79 Å². The molecule has 106 valence electrons. The van der Waals surface area contributed by atoms with E-state index in [4.69, 9.17) is 11.6 Å². The monoisotopic (exact) mass is 282 g/mol. The number of halogens is 1. The fourth-order valence-electron chi connectivity index (χ4n) is 1.74. The van der Waals surface area contributed by atoms with Crippen LogP contribution in [-0.4, -0.2) is 18.0 Å². The van der Waals surface area contributed by atoms with E-state index in [2.05, 4.69) is 31.4 Å². The van der Waals surface area contributed by atoms with Crippen molar-refractivity contribution in [3.8, 4) is 0 Å². The van der Waals surface area contributed by atoms with Gasteiger partial charge in [-0.15, -0.1) is 0 Å². The average Bonchev–Trinajstić information content (AvgIpc) is 2.29. The van der Waals surface area contributed by atoms with Crippen molar-refractivity contribution in [1.29, 1.82) is 0 Å². The molecule has 3 nitrogen and oxygen atoms in total. The lowest BCUT2D eigenvalue weighted by molar-refractivity contribution is 0.0954. The number of hydrogen-bond donors (Lipinski definition) is 2. The van der Waals surface area contributed by atoms with Crippen LogP contribution in [0.3, 0.4) is 0 Å². The molecule has 19 heavy (non-hydrogen) atoms. The van der Waals surface area contributed by atoms with Crippen molar-refractivity contribution >= 4 is 23.2 Å². The van der Waals surface area contributed by atoms with Crippen molar-refractivity contribution in [2.45, 2.75) is 46.6 Å². The predicted molar refractivity (Wildman–Crippen MR) is 82.2 cm³/mol. The van der Waals surface area contributed by atoms with E-state index >= 15 is 0 Å². The zero-order valence-electron chi connectivity index (χ0n) is 12.4. The van der Waals surface area contributed by atoms with Gasteiger partial charge in [-0.25, -0.2) is 0 Å². The van der Waals surface area contributed by atoms with Gasteiger partial charge in [0.2, 0.25) is 0 Å². The van der Waals surface area contributed by atoms with E-state index in [0.717, 1.165) is 17.7 Å². The Morgan fingerprint density at radius 3 is 2.47 bits per heavy atom. The first-order chi connectivity index (χ1) is 8.76. The van der Waals surface area contributed by atoms with Crippen LogP contribution in [0.15, 0.2) is 12.1 Å². The third kappa shape index (κ3) is 4.43. The smallest absolute Gasteiger partial charge is 0.254 e. The fraction of sp³-hybridized carbons (Fsp3) is 0.533. The van der Waals surface area contributed by atoms with Gasteiger partial charge in [0.05, 0.1) is 10.6 Å². The Labute approximate surface area is 120 Å². The maximum atomic E-state index is 12.2. The highest BCUT2D eigenvalue weighted by Gasteiger charge is 2.20. The normalized spacial score (nSPS) is 11.3. The van der Waals surface area contributed by atoms with Gasteiger partial charge in [0, 0.05) is 17.8 Å². The molecule has 1 rings (SSSR count). The summed E-state index contributed by atoms with van der Waals surface area (Å²) in [4.78, 5) is 12.2. The minimum atomic E-state index is -0.127. The van der Waals surface area contributed by atoms with Crippen LogP contribution in [0.2, 0.25) is 5.02 Å². The number of benzene rings is 1. The van der Waals surface area contributed by atoms with Crippen LogP contribution in [-0.2, 0) is 0 Å². The number of aryl methyl sites for hydroxylation is 1. The summed E-state index contributed by atoms with van der Waals surface area (Å²) in [6.45, 7) is 10.7. The van der Waals surface area contributed by atoms with E-state index in [0.29, 0.717) is 17.1 Å². The Bertz CT molecular complexity index is 464. The molecule has 0 unspecified atom stereocenters. The minimum Gasteiger partial charge on any atom is -0.380 e. The lowest BCUT2D eigenvalue weighted by atomic mass is 10.0. The van der Waals surface area contributed by atoms with Gasteiger partial charge in [-0.05, 0) is 45.7 Å². The molecule has 1 amide bonds. The molecule has 0 aliphatic rings. The summed E-state index contributed by atoms with van der Waals surface area (Å²) in [5.41, 5.74) is 2.09. The molecule has 0 atom stereocenters. The van der Waals surface area contributed by atoms with Gasteiger partial charge in [-0.3, -0.25) is 4.79 Å². The largest absolute Gasteiger partial charge is 0.380 e. The Morgan fingerprint density at radius 2 is 1.95 bits per heavy atom. The third-order valence-corrected chi connectivity index (χ3v) is 3.09. The van der Waals surface area contributed by atoms with E-state index < -0.39 is 0 Å². The number of carbonyl (C=O) groups excluding carboxylic acids is 1. The van der Waals surface area contributed by atoms with E-state index in [-0.39, 0.29) is 11.4 Å². The van der Waals surface area contributed by atoms with E-state index in [1.807, 2.05) is 26.0 Å². The Hall–Kier alpha value is -1.22. The standard InChI is InChI=1S/C15H23ClN2O/c1-6-9-17-14(19)12-11(18-15(3,4)5)8-7-10(2)13(12)16/h7-8,18H,6,9H2,1-5H3,(H,17,19). The van der Waals surface area contributed by atoms with Crippen LogP contribution in [0.1, 0.15) is 50.0 Å². The van der Waals surface area contributed by atoms with Gasteiger partial charge in [-0.1, -0.05) is 24.6 Å². The Morgan fingerprint density at radius 1 is 1.32 bits per heavy atom. The second-order valence-electron chi connectivity index (χ2n) is 5.75. The molecule has 1 aromatic carbocycles. The SMILES string of the molecule is CCCNC(=O)c1c(NC(C)(C)C)ccc(C)c1Cl. The summed E-state index contributed by atoms with van der Waals surface area (Å²) >= 11 is 6.30. The number of carbonyl (C=O) groups is 1. The van der Waals surface area contributed by atoms with Crippen LogP contribution in [0.25, 0.3) is 0 Å². The summed E-state index contributed by atoms with van der Waals surface area (Å²) in [6.07, 6.45) is 0.900. The van der Waals surface area contributed by atoms with Gasteiger partial charge in [0.25, 0.3) is 5.91 Å². The van der Waals surface area contributed by atoms with Gasteiger partial charge < -0.3 is 10.6 Å². The van der Waals surface area contributed by atoms with Crippen molar-refractivity contribution in [2.24, 2.45) is 0 Å². The predicted octanol–water partition coefficient (Wildman–Crippen LogP) is 4.00. The summed E-state index contributed by atoms with van der Waals surface area (Å²) < 4.78 is 0. The van der Waals surface area contributed by atoms with Crippen LogP contribution < -0.4 is 10.6 Å². The molecule has 0 aliphatic carbocycles. The second kappa shape index (κ2) is 6.29. The average molecular weight is 283 g/mol. The number of nitrogens with one attached hydrogen (secondary N) is 2. The number of anilines is 1. The second-order valence-corrected chi connectivity index (χ2v) is 6.13. The van der Waals surface area contributed by atoms with Crippen molar-refractivity contribution < 1.29 is 4.79 Å². The summed E-state index contributed by atoms with van der Waals surface area (Å²) in [5, 5.41) is 6.73. The van der Waals surface area contributed by atoms with Crippen molar-refractivity contribution in [3.63, 3.8) is 0 Å². The summed E-state index contributed by atoms with van der Waals surface area (Å²) in [6, 6.07) is 3.83. The Balaban J connectivity index is 3.17.